The number of benzene rings is 2. The van der Waals surface area contributed by atoms with Gasteiger partial charge in [0.1, 0.15) is 0 Å². The van der Waals surface area contributed by atoms with E-state index in [1.807, 2.05) is 0 Å². The molecule has 0 saturated heterocycles. The molecule has 120 valence electrons. The Bertz CT molecular complexity index is 817. The standard InChI is InChI=1S/C23H22Se/c1-2-3-4-5-8-17-21-18-22(19-13-9-6-10-14-19)24-23(21)20-15-11-7-12-16-20/h6-7,9-16,18H,2-5H2,1H3. The summed E-state index contributed by atoms with van der Waals surface area (Å²) in [6.45, 7) is 2.23. The molecule has 2 aromatic carbocycles. The van der Waals surface area contributed by atoms with Crippen molar-refractivity contribution in [1.29, 1.82) is 0 Å². The Balaban J connectivity index is 1.94. The van der Waals surface area contributed by atoms with Crippen LogP contribution in [0.15, 0.2) is 66.7 Å². The minimum atomic E-state index is 0.316. The van der Waals surface area contributed by atoms with E-state index in [1.165, 1.54) is 44.8 Å². The van der Waals surface area contributed by atoms with Crippen LogP contribution >= 0.6 is 0 Å². The summed E-state index contributed by atoms with van der Waals surface area (Å²) in [7, 11) is 0. The van der Waals surface area contributed by atoms with Crippen LogP contribution < -0.4 is 0 Å². The van der Waals surface area contributed by atoms with Crippen molar-refractivity contribution in [2.24, 2.45) is 0 Å². The van der Waals surface area contributed by atoms with E-state index in [1.54, 1.807) is 0 Å². The number of rotatable bonds is 5. The zero-order chi connectivity index (χ0) is 16.6. The van der Waals surface area contributed by atoms with E-state index in [-0.39, 0.29) is 0 Å². The molecule has 0 aliphatic heterocycles. The van der Waals surface area contributed by atoms with E-state index in [9.17, 15) is 0 Å². The normalized spacial score (nSPS) is 10.2. The third-order valence-corrected chi connectivity index (χ3v) is 6.54. The number of hydrogen-bond donors (Lipinski definition) is 0. The average Bonchev–Trinajstić information content (AvgIpc) is 3.07. The second-order valence-electron chi connectivity index (χ2n) is 5.84. The first-order chi connectivity index (χ1) is 11.9. The molecule has 0 unspecified atom stereocenters. The molecule has 0 aliphatic carbocycles. The van der Waals surface area contributed by atoms with Crippen LogP contribution in [0.2, 0.25) is 0 Å². The zero-order valence-electron chi connectivity index (χ0n) is 14.1. The average molecular weight is 377 g/mol. The predicted molar refractivity (Wildman–Crippen MR) is 105 cm³/mol. The van der Waals surface area contributed by atoms with E-state index in [4.69, 9.17) is 0 Å². The van der Waals surface area contributed by atoms with Gasteiger partial charge < -0.3 is 0 Å². The summed E-state index contributed by atoms with van der Waals surface area (Å²) in [5.41, 5.74) is 3.86. The fourth-order valence-electron chi connectivity index (χ4n) is 2.65. The van der Waals surface area contributed by atoms with Crippen molar-refractivity contribution in [1.82, 2.24) is 0 Å². The monoisotopic (exact) mass is 378 g/mol. The van der Waals surface area contributed by atoms with Gasteiger partial charge in [-0.25, -0.2) is 0 Å². The van der Waals surface area contributed by atoms with Crippen LogP contribution in [0.25, 0.3) is 20.0 Å². The van der Waals surface area contributed by atoms with Gasteiger partial charge in [-0.15, -0.1) is 0 Å². The second-order valence-corrected chi connectivity index (χ2v) is 8.05. The van der Waals surface area contributed by atoms with Crippen molar-refractivity contribution in [2.75, 3.05) is 0 Å². The first kappa shape index (κ1) is 16.8. The quantitative estimate of drug-likeness (QED) is 0.290. The first-order valence-corrected chi connectivity index (χ1v) is 10.3. The summed E-state index contributed by atoms with van der Waals surface area (Å²) in [6, 6.07) is 23.7. The van der Waals surface area contributed by atoms with Crippen LogP contribution in [0.1, 0.15) is 38.2 Å². The molecular formula is C23H22Se. The molecule has 0 saturated carbocycles. The van der Waals surface area contributed by atoms with Crippen molar-refractivity contribution in [3.8, 4) is 31.8 Å². The van der Waals surface area contributed by atoms with Crippen LogP contribution in [-0.4, -0.2) is 14.5 Å². The maximum absolute atomic E-state index is 3.46. The third-order valence-electron chi connectivity index (χ3n) is 3.95. The molecule has 0 aliphatic rings. The van der Waals surface area contributed by atoms with Crippen LogP contribution in [0.4, 0.5) is 0 Å². The molecule has 0 N–H and O–H groups in total. The van der Waals surface area contributed by atoms with Gasteiger partial charge in [0.25, 0.3) is 0 Å². The van der Waals surface area contributed by atoms with E-state index in [2.05, 4.69) is 85.5 Å². The fourth-order valence-corrected chi connectivity index (χ4v) is 5.01. The van der Waals surface area contributed by atoms with Gasteiger partial charge in [-0.05, 0) is 0 Å². The topological polar surface area (TPSA) is 0 Å². The van der Waals surface area contributed by atoms with Crippen LogP contribution in [0.3, 0.4) is 0 Å². The van der Waals surface area contributed by atoms with Crippen molar-refractivity contribution >= 4 is 14.5 Å². The molecule has 0 spiro atoms. The summed E-state index contributed by atoms with van der Waals surface area (Å²) < 4.78 is 2.85. The Labute approximate surface area is 151 Å². The fraction of sp³-hybridized carbons (Fsp3) is 0.217. The van der Waals surface area contributed by atoms with Crippen molar-refractivity contribution in [2.45, 2.75) is 32.6 Å². The molecular weight excluding hydrogens is 355 g/mol. The molecule has 0 atom stereocenters. The Hall–Kier alpha value is -2.00. The van der Waals surface area contributed by atoms with Crippen molar-refractivity contribution < 1.29 is 0 Å². The summed E-state index contributed by atoms with van der Waals surface area (Å²) in [5, 5.41) is 0. The molecule has 1 heteroatoms. The first-order valence-electron chi connectivity index (χ1n) is 8.62. The number of hydrogen-bond acceptors (Lipinski definition) is 0. The van der Waals surface area contributed by atoms with E-state index in [0.29, 0.717) is 14.5 Å². The van der Waals surface area contributed by atoms with E-state index >= 15 is 0 Å². The molecule has 24 heavy (non-hydrogen) atoms. The van der Waals surface area contributed by atoms with Crippen LogP contribution in [0, 0.1) is 11.8 Å². The van der Waals surface area contributed by atoms with Gasteiger partial charge in [0, 0.05) is 0 Å². The van der Waals surface area contributed by atoms with Crippen LogP contribution in [0.5, 0.6) is 0 Å². The Kier molecular flexibility index (Phi) is 6.13. The summed E-state index contributed by atoms with van der Waals surface area (Å²) in [4.78, 5) is 0. The molecule has 0 bridgehead atoms. The predicted octanol–water partition coefficient (Wildman–Crippen LogP) is 6.01. The molecule has 1 heterocycles. The summed E-state index contributed by atoms with van der Waals surface area (Å²) in [5.74, 6) is 6.85. The Morgan fingerprint density at radius 1 is 0.833 bits per heavy atom. The molecule has 3 rings (SSSR count). The van der Waals surface area contributed by atoms with Gasteiger partial charge in [0.2, 0.25) is 0 Å². The third kappa shape index (κ3) is 4.29. The van der Waals surface area contributed by atoms with E-state index < -0.39 is 0 Å². The molecule has 0 fully saturated rings. The molecule has 3 aromatic rings. The minimum absolute atomic E-state index is 0.316. The molecule has 1 aromatic heterocycles. The van der Waals surface area contributed by atoms with Crippen molar-refractivity contribution in [3.63, 3.8) is 0 Å². The second kappa shape index (κ2) is 8.74. The van der Waals surface area contributed by atoms with Gasteiger partial charge in [0.05, 0.1) is 0 Å². The molecule has 0 nitrogen and oxygen atoms in total. The van der Waals surface area contributed by atoms with Gasteiger partial charge in [-0.1, -0.05) is 0 Å². The van der Waals surface area contributed by atoms with Crippen molar-refractivity contribution in [3.05, 3.63) is 72.3 Å². The summed E-state index contributed by atoms with van der Waals surface area (Å²) >= 11 is 0.316. The SMILES string of the molecule is CCCCCC#Cc1cc(-c2ccccc2)[se]c1-c1ccccc1. The van der Waals surface area contributed by atoms with E-state index in [0.717, 1.165) is 6.42 Å². The Morgan fingerprint density at radius 2 is 1.50 bits per heavy atom. The zero-order valence-corrected chi connectivity index (χ0v) is 15.8. The number of unbranched alkanes of at least 4 members (excludes halogenated alkanes) is 3. The Morgan fingerprint density at radius 3 is 2.17 bits per heavy atom. The summed E-state index contributed by atoms with van der Waals surface area (Å²) in [6.07, 6.45) is 4.73. The molecule has 0 amide bonds. The van der Waals surface area contributed by atoms with Gasteiger partial charge in [-0.3, -0.25) is 0 Å². The van der Waals surface area contributed by atoms with Gasteiger partial charge in [-0.2, -0.15) is 0 Å². The van der Waals surface area contributed by atoms with Gasteiger partial charge >= 0.3 is 151 Å². The molecule has 0 radical (unpaired) electrons. The van der Waals surface area contributed by atoms with Crippen LogP contribution in [-0.2, 0) is 0 Å². The maximum atomic E-state index is 3.46. The van der Waals surface area contributed by atoms with Gasteiger partial charge in [0.15, 0.2) is 0 Å².